The maximum Gasteiger partial charge on any atom is 0.354 e. The first-order valence-electron chi connectivity index (χ1n) is 12.7. The van der Waals surface area contributed by atoms with Gasteiger partial charge in [0.05, 0.1) is 25.3 Å². The van der Waals surface area contributed by atoms with E-state index in [0.717, 1.165) is 19.6 Å². The van der Waals surface area contributed by atoms with Crippen LogP contribution in [0.1, 0.15) is 66.1 Å². The van der Waals surface area contributed by atoms with Crippen molar-refractivity contribution in [1.29, 1.82) is 0 Å². The van der Waals surface area contributed by atoms with Gasteiger partial charge in [-0.25, -0.2) is 4.79 Å². The molecule has 1 aromatic carbocycles. The number of ether oxygens (including phenoxy) is 2. The molecule has 0 aliphatic carbocycles. The zero-order valence-corrected chi connectivity index (χ0v) is 22.5. The van der Waals surface area contributed by atoms with E-state index in [1.807, 2.05) is 19.1 Å². The number of ketones is 1. The molecule has 2 N–H and O–H groups in total. The van der Waals surface area contributed by atoms with Gasteiger partial charge in [0.1, 0.15) is 17.2 Å². The molecular formula is C28H37N3O6. The fourth-order valence-electron chi connectivity index (χ4n) is 4.92. The van der Waals surface area contributed by atoms with Crippen molar-refractivity contribution in [3.8, 4) is 5.75 Å². The van der Waals surface area contributed by atoms with E-state index in [2.05, 4.69) is 23.7 Å². The van der Waals surface area contributed by atoms with Gasteiger partial charge in [-0.05, 0) is 70.1 Å². The molecule has 3 rings (SSSR count). The van der Waals surface area contributed by atoms with Crippen molar-refractivity contribution in [2.45, 2.75) is 47.1 Å². The molecule has 1 amide bonds. The predicted molar refractivity (Wildman–Crippen MR) is 141 cm³/mol. The third kappa shape index (κ3) is 5.56. The Balaban J connectivity index is 2.11. The SMILES string of the molecule is CCOc1ccc([C@H]2/C(=C(\O)c3c(C)[nH]c(C(=O)OC)c3C)C(=O)C(=O)N2CCCN(CC)CC)cc1. The molecule has 1 aliphatic heterocycles. The van der Waals surface area contributed by atoms with Crippen LogP contribution in [0, 0.1) is 13.8 Å². The molecule has 9 nitrogen and oxygen atoms in total. The number of Topliss-reactive ketones (excluding diaryl/α,β-unsaturated/α-hetero) is 1. The zero-order valence-electron chi connectivity index (χ0n) is 22.5. The van der Waals surface area contributed by atoms with Crippen LogP contribution in [-0.4, -0.2) is 77.4 Å². The highest BCUT2D eigenvalue weighted by molar-refractivity contribution is 6.46. The van der Waals surface area contributed by atoms with Crippen LogP contribution in [0.15, 0.2) is 29.8 Å². The number of benzene rings is 1. The average Bonchev–Trinajstić information content (AvgIpc) is 3.33. The van der Waals surface area contributed by atoms with Gasteiger partial charge in [0.2, 0.25) is 0 Å². The lowest BCUT2D eigenvalue weighted by Gasteiger charge is -2.27. The Hall–Kier alpha value is -3.59. The summed E-state index contributed by atoms with van der Waals surface area (Å²) in [6, 6.07) is 6.42. The van der Waals surface area contributed by atoms with Crippen LogP contribution in [0.3, 0.4) is 0 Å². The molecule has 1 aromatic heterocycles. The van der Waals surface area contributed by atoms with Gasteiger partial charge < -0.3 is 29.4 Å². The summed E-state index contributed by atoms with van der Waals surface area (Å²) in [5, 5.41) is 11.5. The number of rotatable bonds is 11. The van der Waals surface area contributed by atoms with Crippen LogP contribution < -0.4 is 4.74 Å². The lowest BCUT2D eigenvalue weighted by atomic mass is 9.94. The normalized spacial score (nSPS) is 17.1. The van der Waals surface area contributed by atoms with E-state index in [1.54, 1.807) is 26.0 Å². The number of aliphatic hydroxyl groups excluding tert-OH is 1. The Morgan fingerprint density at radius 3 is 2.32 bits per heavy atom. The number of H-pyrrole nitrogens is 1. The summed E-state index contributed by atoms with van der Waals surface area (Å²) in [5.41, 5.74) is 2.13. The van der Waals surface area contributed by atoms with E-state index >= 15 is 0 Å². The molecule has 1 aliphatic rings. The van der Waals surface area contributed by atoms with Gasteiger partial charge in [0.15, 0.2) is 0 Å². The van der Waals surface area contributed by atoms with Gasteiger partial charge in [-0.15, -0.1) is 0 Å². The van der Waals surface area contributed by atoms with Crippen molar-refractivity contribution >= 4 is 23.4 Å². The largest absolute Gasteiger partial charge is 0.507 e. The van der Waals surface area contributed by atoms with Crippen molar-refractivity contribution in [3.05, 3.63) is 57.9 Å². The van der Waals surface area contributed by atoms with E-state index in [1.165, 1.54) is 12.0 Å². The van der Waals surface area contributed by atoms with Crippen LogP contribution in [-0.2, 0) is 14.3 Å². The Labute approximate surface area is 218 Å². The summed E-state index contributed by atoms with van der Waals surface area (Å²) in [5.74, 6) is -1.63. The molecule has 0 bridgehead atoms. The summed E-state index contributed by atoms with van der Waals surface area (Å²) in [4.78, 5) is 45.6. The predicted octanol–water partition coefficient (Wildman–Crippen LogP) is 3.97. The van der Waals surface area contributed by atoms with Crippen molar-refractivity contribution in [2.24, 2.45) is 0 Å². The van der Waals surface area contributed by atoms with Crippen LogP contribution in [0.25, 0.3) is 5.76 Å². The topological polar surface area (TPSA) is 112 Å². The van der Waals surface area contributed by atoms with Crippen LogP contribution in [0.2, 0.25) is 0 Å². The van der Waals surface area contributed by atoms with Gasteiger partial charge in [0, 0.05) is 17.8 Å². The second-order valence-electron chi connectivity index (χ2n) is 8.99. The Kier molecular flexibility index (Phi) is 9.15. The molecule has 1 fully saturated rings. The van der Waals surface area contributed by atoms with E-state index in [-0.39, 0.29) is 17.0 Å². The molecule has 2 aromatic rings. The molecule has 200 valence electrons. The van der Waals surface area contributed by atoms with Crippen LogP contribution in [0.5, 0.6) is 5.75 Å². The van der Waals surface area contributed by atoms with E-state index in [0.29, 0.717) is 47.7 Å². The Bertz CT molecular complexity index is 1180. The van der Waals surface area contributed by atoms with Gasteiger partial charge in [-0.3, -0.25) is 9.59 Å². The molecule has 9 heteroatoms. The van der Waals surface area contributed by atoms with Gasteiger partial charge >= 0.3 is 5.97 Å². The molecule has 37 heavy (non-hydrogen) atoms. The second-order valence-corrected chi connectivity index (χ2v) is 8.99. The standard InChI is InChI=1S/C28H37N3O6/c1-7-30(8-2)15-10-16-31-24(19-11-13-20(14-12-19)37-9-3)22(26(33)27(31)34)25(32)21-17(4)23(28(35)36-6)29-18(21)5/h11-14,24,29,32H,7-10,15-16H2,1-6H3/b25-22+/t24-/m0/s1. The van der Waals surface area contributed by atoms with Crippen molar-refractivity contribution in [2.75, 3.05) is 39.9 Å². The number of likely N-dealkylation sites (tertiary alicyclic amines) is 1. The monoisotopic (exact) mass is 511 g/mol. The molecule has 0 spiro atoms. The molecule has 0 saturated carbocycles. The fourth-order valence-corrected chi connectivity index (χ4v) is 4.92. The molecule has 0 unspecified atom stereocenters. The number of hydrogen-bond acceptors (Lipinski definition) is 7. The lowest BCUT2D eigenvalue weighted by molar-refractivity contribution is -0.140. The minimum atomic E-state index is -0.775. The average molecular weight is 512 g/mol. The summed E-state index contributed by atoms with van der Waals surface area (Å²) < 4.78 is 10.4. The maximum absolute atomic E-state index is 13.4. The second kappa shape index (κ2) is 12.1. The van der Waals surface area contributed by atoms with Crippen LogP contribution in [0.4, 0.5) is 0 Å². The number of aromatic amines is 1. The molecule has 2 heterocycles. The third-order valence-corrected chi connectivity index (χ3v) is 6.88. The number of nitrogens with one attached hydrogen (secondary N) is 1. The van der Waals surface area contributed by atoms with Crippen molar-refractivity contribution in [1.82, 2.24) is 14.8 Å². The number of aromatic nitrogens is 1. The minimum absolute atomic E-state index is 0.00128. The van der Waals surface area contributed by atoms with E-state index in [4.69, 9.17) is 9.47 Å². The molecular weight excluding hydrogens is 474 g/mol. The van der Waals surface area contributed by atoms with Gasteiger partial charge in [-0.2, -0.15) is 0 Å². The van der Waals surface area contributed by atoms with Gasteiger partial charge in [0.25, 0.3) is 11.7 Å². The van der Waals surface area contributed by atoms with E-state index in [9.17, 15) is 19.5 Å². The number of esters is 1. The summed E-state index contributed by atoms with van der Waals surface area (Å²) in [6.45, 7) is 12.9. The highest BCUT2D eigenvalue weighted by Crippen LogP contribution is 2.41. The number of amides is 1. The summed E-state index contributed by atoms with van der Waals surface area (Å²) in [7, 11) is 1.27. The fraction of sp³-hybridized carbons (Fsp3) is 0.464. The number of methoxy groups -OCH3 is 1. The highest BCUT2D eigenvalue weighted by atomic mass is 16.5. The third-order valence-electron chi connectivity index (χ3n) is 6.88. The van der Waals surface area contributed by atoms with Crippen LogP contribution >= 0.6 is 0 Å². The van der Waals surface area contributed by atoms with Crippen molar-refractivity contribution in [3.63, 3.8) is 0 Å². The smallest absolute Gasteiger partial charge is 0.354 e. The number of hydrogen-bond donors (Lipinski definition) is 2. The number of aryl methyl sites for hydroxylation is 1. The Morgan fingerprint density at radius 2 is 1.76 bits per heavy atom. The quantitative estimate of drug-likeness (QED) is 0.203. The zero-order chi connectivity index (χ0) is 27.3. The first-order chi connectivity index (χ1) is 17.7. The highest BCUT2D eigenvalue weighted by Gasteiger charge is 2.46. The minimum Gasteiger partial charge on any atom is -0.507 e. The van der Waals surface area contributed by atoms with Gasteiger partial charge in [-0.1, -0.05) is 26.0 Å². The van der Waals surface area contributed by atoms with E-state index < -0.39 is 23.7 Å². The number of nitrogens with zero attached hydrogens (tertiary/aromatic N) is 2. The number of carbonyl (C=O) groups is 3. The first kappa shape index (κ1) is 28.0. The van der Waals surface area contributed by atoms with Crippen molar-refractivity contribution < 1.29 is 29.0 Å². The Morgan fingerprint density at radius 1 is 1.11 bits per heavy atom. The summed E-state index contributed by atoms with van der Waals surface area (Å²) >= 11 is 0. The summed E-state index contributed by atoms with van der Waals surface area (Å²) in [6.07, 6.45) is 0.678. The number of aliphatic hydroxyl groups is 1. The number of carbonyl (C=O) groups excluding carboxylic acids is 3. The maximum atomic E-state index is 13.4. The molecule has 1 atom stereocenters. The molecule has 1 saturated heterocycles. The molecule has 0 radical (unpaired) electrons. The lowest BCUT2D eigenvalue weighted by Crippen LogP contribution is -2.33. The first-order valence-corrected chi connectivity index (χ1v) is 12.7.